The lowest BCUT2D eigenvalue weighted by molar-refractivity contribution is 0.00578. The molecule has 2 saturated heterocycles. The third-order valence-electron chi connectivity index (χ3n) is 8.08. The molecule has 2 amide bonds. The topological polar surface area (TPSA) is 71.0 Å². The number of amides is 2. The van der Waals surface area contributed by atoms with Gasteiger partial charge < -0.3 is 24.6 Å². The average molecular weight is 492 g/mol. The van der Waals surface area contributed by atoms with E-state index >= 15 is 0 Å². The molecule has 2 fully saturated rings. The van der Waals surface area contributed by atoms with Gasteiger partial charge in [0.05, 0.1) is 28.4 Å². The van der Waals surface area contributed by atoms with E-state index in [0.717, 1.165) is 29.4 Å². The Morgan fingerprint density at radius 1 is 1.03 bits per heavy atom. The third-order valence-corrected chi connectivity index (χ3v) is 8.08. The van der Waals surface area contributed by atoms with Gasteiger partial charge in [0, 0.05) is 13.0 Å². The molecular weight excluding hydrogens is 451 g/mol. The number of urea groups is 1. The molecule has 2 aromatic rings. The van der Waals surface area contributed by atoms with E-state index in [-0.39, 0.29) is 23.3 Å². The van der Waals surface area contributed by atoms with Crippen molar-refractivity contribution in [3.05, 3.63) is 65.7 Å². The first-order valence-electron chi connectivity index (χ1n) is 13.1. The predicted molar refractivity (Wildman–Crippen MR) is 144 cm³/mol. The Morgan fingerprint density at radius 3 is 2.17 bits per heavy atom. The zero-order valence-electron chi connectivity index (χ0n) is 22.8. The number of rotatable bonds is 6. The van der Waals surface area contributed by atoms with Crippen molar-refractivity contribution in [2.24, 2.45) is 0 Å². The maximum Gasteiger partial charge on any atom is 0.494 e. The van der Waals surface area contributed by atoms with E-state index in [1.165, 1.54) is 0 Å². The number of benzene rings is 2. The van der Waals surface area contributed by atoms with Crippen molar-refractivity contribution in [2.75, 3.05) is 6.54 Å². The van der Waals surface area contributed by atoms with Crippen LogP contribution >= 0.6 is 0 Å². The Bertz CT molecular complexity index is 1050. The second-order valence-corrected chi connectivity index (χ2v) is 12.1. The summed E-state index contributed by atoms with van der Waals surface area (Å²) in [5.74, 6) is 0. The molecule has 7 heteroatoms. The van der Waals surface area contributed by atoms with Gasteiger partial charge in [-0.25, -0.2) is 4.79 Å². The van der Waals surface area contributed by atoms with Crippen molar-refractivity contribution < 1.29 is 19.2 Å². The molecule has 2 atom stereocenters. The summed E-state index contributed by atoms with van der Waals surface area (Å²) < 4.78 is 12.4. The number of nitrogens with zero attached hydrogens (tertiary/aromatic N) is 1. The molecule has 0 aromatic heterocycles. The van der Waals surface area contributed by atoms with E-state index in [9.17, 15) is 9.90 Å². The van der Waals surface area contributed by atoms with Crippen LogP contribution in [0.25, 0.3) is 0 Å². The van der Waals surface area contributed by atoms with Crippen LogP contribution < -0.4 is 10.8 Å². The highest BCUT2D eigenvalue weighted by molar-refractivity contribution is 6.62. The monoisotopic (exact) mass is 492 g/mol. The number of carbonyl (C=O) groups is 1. The summed E-state index contributed by atoms with van der Waals surface area (Å²) in [6, 6.07) is 18.0. The first kappa shape index (κ1) is 26.7. The van der Waals surface area contributed by atoms with Crippen LogP contribution in [0.3, 0.4) is 0 Å². The molecule has 6 nitrogen and oxygen atoms in total. The molecule has 0 unspecified atom stereocenters. The van der Waals surface area contributed by atoms with Crippen molar-refractivity contribution in [2.45, 2.75) is 96.1 Å². The van der Waals surface area contributed by atoms with E-state index < -0.39 is 18.3 Å². The van der Waals surface area contributed by atoms with Gasteiger partial charge in [0.25, 0.3) is 0 Å². The molecule has 0 aliphatic carbocycles. The lowest BCUT2D eigenvalue weighted by atomic mass is 9.77. The van der Waals surface area contributed by atoms with Gasteiger partial charge in [-0.2, -0.15) is 0 Å². The molecule has 36 heavy (non-hydrogen) atoms. The summed E-state index contributed by atoms with van der Waals surface area (Å²) in [7, 11) is -0.408. The minimum atomic E-state index is -0.923. The molecule has 0 radical (unpaired) electrons. The van der Waals surface area contributed by atoms with E-state index in [1.54, 1.807) is 13.8 Å². The molecule has 2 N–H and O–H groups in total. The summed E-state index contributed by atoms with van der Waals surface area (Å²) in [6.07, 6.45) is 2.04. The highest BCUT2D eigenvalue weighted by Gasteiger charge is 2.51. The van der Waals surface area contributed by atoms with E-state index in [2.05, 4.69) is 52.1 Å². The van der Waals surface area contributed by atoms with Crippen LogP contribution in [0.1, 0.15) is 84.9 Å². The summed E-state index contributed by atoms with van der Waals surface area (Å²) in [4.78, 5) is 15.5. The van der Waals surface area contributed by atoms with Gasteiger partial charge >= 0.3 is 13.1 Å². The maximum absolute atomic E-state index is 13.6. The van der Waals surface area contributed by atoms with Crippen molar-refractivity contribution in [3.63, 3.8) is 0 Å². The van der Waals surface area contributed by atoms with Gasteiger partial charge in [-0.3, -0.25) is 0 Å². The van der Waals surface area contributed by atoms with Crippen molar-refractivity contribution in [3.8, 4) is 0 Å². The van der Waals surface area contributed by atoms with Gasteiger partial charge in [-0.05, 0) is 77.9 Å². The Balaban J connectivity index is 1.53. The third kappa shape index (κ3) is 5.34. The smallest absolute Gasteiger partial charge is 0.399 e. The molecule has 2 aliphatic rings. The number of hydrogen-bond acceptors (Lipinski definition) is 4. The molecule has 2 aromatic carbocycles. The Labute approximate surface area is 216 Å². The van der Waals surface area contributed by atoms with Gasteiger partial charge in [-0.1, -0.05) is 54.6 Å². The first-order chi connectivity index (χ1) is 16.7. The summed E-state index contributed by atoms with van der Waals surface area (Å²) >= 11 is 0. The number of aliphatic hydroxyl groups is 1. The maximum atomic E-state index is 13.6. The molecule has 2 heterocycles. The SMILES string of the molecule is C[C@@H](c1ccc(B2OC(C)(C)C(C)(C)O2)cc1)N1CCC[C@](CC(C)(C)O)(c2ccccc2)NC1=O. The lowest BCUT2D eigenvalue weighted by Gasteiger charge is -2.39. The zero-order chi connectivity index (χ0) is 26.4. The fourth-order valence-electron chi connectivity index (χ4n) is 5.40. The largest absolute Gasteiger partial charge is 0.494 e. The Kier molecular flexibility index (Phi) is 7.06. The number of carbonyl (C=O) groups excluding carboxylic acids is 1. The van der Waals surface area contributed by atoms with Crippen LogP contribution in [0.4, 0.5) is 4.79 Å². The molecule has 4 rings (SSSR count). The molecule has 194 valence electrons. The van der Waals surface area contributed by atoms with Crippen LogP contribution in [-0.4, -0.2) is 46.5 Å². The Hall–Kier alpha value is -2.35. The number of nitrogens with one attached hydrogen (secondary N) is 1. The minimum Gasteiger partial charge on any atom is -0.399 e. The summed E-state index contributed by atoms with van der Waals surface area (Å²) in [6.45, 7) is 14.5. The van der Waals surface area contributed by atoms with Crippen molar-refractivity contribution in [1.29, 1.82) is 0 Å². The second-order valence-electron chi connectivity index (χ2n) is 12.1. The highest BCUT2D eigenvalue weighted by Crippen LogP contribution is 2.38. The summed E-state index contributed by atoms with van der Waals surface area (Å²) in [5.41, 5.74) is 0.739. The standard InChI is InChI=1S/C29H41BN2O4/c1-21(22-14-16-24(17-15-22)30-35-27(4,5)28(6,7)36-30)32-19-11-18-29(31-25(32)33,20-26(2,3)34)23-12-9-8-10-13-23/h8-10,12-17,21,34H,11,18-20H2,1-7H3,(H,31,33)/t21-,29-/m0/s1. The zero-order valence-corrected chi connectivity index (χ0v) is 22.8. The van der Waals surface area contributed by atoms with Crippen LogP contribution in [0.2, 0.25) is 0 Å². The molecule has 0 spiro atoms. The predicted octanol–water partition coefficient (Wildman–Crippen LogP) is 4.91. The van der Waals surface area contributed by atoms with Crippen LogP contribution in [-0.2, 0) is 14.8 Å². The average Bonchev–Trinajstić information content (AvgIpc) is 2.91. The van der Waals surface area contributed by atoms with Gasteiger partial charge in [0.1, 0.15) is 0 Å². The van der Waals surface area contributed by atoms with E-state index in [0.29, 0.717) is 13.0 Å². The fraction of sp³-hybridized carbons (Fsp3) is 0.552. The van der Waals surface area contributed by atoms with Crippen LogP contribution in [0.5, 0.6) is 0 Å². The molecular formula is C29H41BN2O4. The molecule has 0 bridgehead atoms. The van der Waals surface area contributed by atoms with Gasteiger partial charge in [-0.15, -0.1) is 0 Å². The fourth-order valence-corrected chi connectivity index (χ4v) is 5.40. The van der Waals surface area contributed by atoms with E-state index in [1.807, 2.05) is 47.4 Å². The van der Waals surface area contributed by atoms with E-state index in [4.69, 9.17) is 9.31 Å². The van der Waals surface area contributed by atoms with Crippen molar-refractivity contribution >= 4 is 18.6 Å². The lowest BCUT2D eigenvalue weighted by Crippen LogP contribution is -2.52. The normalized spacial score (nSPS) is 24.8. The molecule has 2 aliphatic heterocycles. The van der Waals surface area contributed by atoms with Crippen molar-refractivity contribution in [1.82, 2.24) is 10.2 Å². The quantitative estimate of drug-likeness (QED) is 0.563. The molecule has 0 saturated carbocycles. The van der Waals surface area contributed by atoms with Gasteiger partial charge in [0.15, 0.2) is 0 Å². The minimum absolute atomic E-state index is 0.106. The summed E-state index contributed by atoms with van der Waals surface area (Å²) in [5, 5.41) is 14.0. The second kappa shape index (κ2) is 9.51. The number of hydrogen-bond donors (Lipinski definition) is 2. The highest BCUT2D eigenvalue weighted by atomic mass is 16.7. The first-order valence-corrected chi connectivity index (χ1v) is 13.1. The van der Waals surface area contributed by atoms with Crippen LogP contribution in [0.15, 0.2) is 54.6 Å². The Morgan fingerprint density at radius 2 is 1.61 bits per heavy atom. The van der Waals surface area contributed by atoms with Crippen LogP contribution in [0, 0.1) is 0 Å². The van der Waals surface area contributed by atoms with Gasteiger partial charge in [0.2, 0.25) is 0 Å².